The number of aromatic nitrogens is 4. The van der Waals surface area contributed by atoms with Gasteiger partial charge in [0.1, 0.15) is 11.3 Å². The van der Waals surface area contributed by atoms with Crippen LogP contribution in [0.3, 0.4) is 0 Å². The van der Waals surface area contributed by atoms with Crippen LogP contribution in [-0.4, -0.2) is 64.0 Å². The van der Waals surface area contributed by atoms with E-state index in [-0.39, 0.29) is 12.4 Å². The Hall–Kier alpha value is -4.76. The molecule has 0 amide bonds. The van der Waals surface area contributed by atoms with Gasteiger partial charge in [-0.3, -0.25) is 4.79 Å². The Morgan fingerprint density at radius 1 is 0.977 bits per heavy atom. The molecule has 1 aliphatic heterocycles. The largest absolute Gasteiger partial charge is 0.460 e. The van der Waals surface area contributed by atoms with E-state index in [1.165, 1.54) is 0 Å². The number of pyridine rings is 1. The highest BCUT2D eigenvalue weighted by Gasteiger charge is 2.21. The number of imidazole rings is 1. The van der Waals surface area contributed by atoms with Crippen molar-refractivity contribution in [3.8, 4) is 11.3 Å². The second-order valence-corrected chi connectivity index (χ2v) is 11.5. The third kappa shape index (κ3) is 6.67. The van der Waals surface area contributed by atoms with Gasteiger partial charge in [0.25, 0.3) is 0 Å². The van der Waals surface area contributed by atoms with Crippen LogP contribution in [0.15, 0.2) is 72.9 Å². The van der Waals surface area contributed by atoms with Crippen LogP contribution in [-0.2, 0) is 14.3 Å². The number of para-hydroxylation sites is 1. The van der Waals surface area contributed by atoms with E-state index in [0.717, 1.165) is 63.7 Å². The summed E-state index contributed by atoms with van der Waals surface area (Å²) in [5.74, 6) is -0.221. The summed E-state index contributed by atoms with van der Waals surface area (Å²) in [5.41, 5.74) is 6.73. The normalized spacial score (nSPS) is 14.1. The van der Waals surface area contributed by atoms with Gasteiger partial charge in [0.15, 0.2) is 5.65 Å². The Labute approximate surface area is 251 Å². The predicted octanol–water partition coefficient (Wildman–Crippen LogP) is 6.10. The first-order valence-corrected chi connectivity index (χ1v) is 14.6. The highest BCUT2D eigenvalue weighted by molar-refractivity contribution is 5.85. The van der Waals surface area contributed by atoms with Crippen molar-refractivity contribution < 1.29 is 14.3 Å². The van der Waals surface area contributed by atoms with Crippen LogP contribution < -0.4 is 10.2 Å². The first-order chi connectivity index (χ1) is 20.8. The van der Waals surface area contributed by atoms with Crippen LogP contribution in [0.1, 0.15) is 38.6 Å². The lowest BCUT2D eigenvalue weighted by Crippen LogP contribution is -2.36. The molecule has 0 aliphatic carbocycles. The van der Waals surface area contributed by atoms with Crippen molar-refractivity contribution in [1.82, 2.24) is 19.6 Å². The van der Waals surface area contributed by atoms with E-state index in [1.807, 2.05) is 98.2 Å². The van der Waals surface area contributed by atoms with Gasteiger partial charge >= 0.3 is 5.97 Å². The zero-order valence-electron chi connectivity index (χ0n) is 24.8. The molecule has 5 aromatic rings. The van der Waals surface area contributed by atoms with Crippen molar-refractivity contribution in [2.75, 3.05) is 43.1 Å². The standard InChI is InChI=1S/C34H36N6O3/c1-34(2,3)43-31(41)17-18-35-26-11-9-25(10-12-26)32-29(15-14-27-13-8-24-6-4-5-7-28(24)37-27)38-33-30(16-19-36-40(32)33)39-20-22-42-23-21-39/h4-16,19,35H,17-18,20-23H2,1-3H3/b15-14+. The number of nitrogens with zero attached hydrogens (tertiary/aromatic N) is 5. The van der Waals surface area contributed by atoms with Gasteiger partial charge in [0, 0.05) is 36.3 Å². The number of anilines is 2. The topological polar surface area (TPSA) is 93.9 Å². The molecule has 220 valence electrons. The fourth-order valence-electron chi connectivity index (χ4n) is 5.18. The Kier molecular flexibility index (Phi) is 8.07. The number of nitrogens with one attached hydrogen (secondary N) is 1. The summed E-state index contributed by atoms with van der Waals surface area (Å²) < 4.78 is 12.9. The van der Waals surface area contributed by atoms with Gasteiger partial charge in [-0.25, -0.2) is 14.5 Å². The van der Waals surface area contributed by atoms with Crippen LogP contribution in [0.5, 0.6) is 0 Å². The molecule has 6 rings (SSSR count). The van der Waals surface area contributed by atoms with E-state index in [0.29, 0.717) is 19.8 Å². The number of morpholine rings is 1. The number of fused-ring (bicyclic) bond motifs is 2. The van der Waals surface area contributed by atoms with Crippen molar-refractivity contribution in [2.24, 2.45) is 0 Å². The molecule has 2 aromatic carbocycles. The summed E-state index contributed by atoms with van der Waals surface area (Å²) in [5, 5.41) is 9.15. The highest BCUT2D eigenvalue weighted by atomic mass is 16.6. The molecule has 9 heteroatoms. The second-order valence-electron chi connectivity index (χ2n) is 11.5. The molecule has 0 unspecified atom stereocenters. The first-order valence-electron chi connectivity index (χ1n) is 14.6. The maximum absolute atomic E-state index is 12.1. The molecular weight excluding hydrogens is 540 g/mol. The number of rotatable bonds is 8. The van der Waals surface area contributed by atoms with E-state index in [1.54, 1.807) is 0 Å². The molecule has 1 fully saturated rings. The Balaban J connectivity index is 1.31. The molecule has 0 saturated carbocycles. The number of ether oxygens (including phenoxy) is 2. The van der Waals surface area contributed by atoms with Crippen LogP contribution in [0.2, 0.25) is 0 Å². The molecule has 0 spiro atoms. The van der Waals surface area contributed by atoms with Crippen LogP contribution in [0, 0.1) is 0 Å². The van der Waals surface area contributed by atoms with Crippen molar-refractivity contribution in [1.29, 1.82) is 0 Å². The van der Waals surface area contributed by atoms with E-state index in [2.05, 4.69) is 22.3 Å². The molecule has 9 nitrogen and oxygen atoms in total. The lowest BCUT2D eigenvalue weighted by atomic mass is 10.1. The zero-order chi connectivity index (χ0) is 29.8. The lowest BCUT2D eigenvalue weighted by molar-refractivity contribution is -0.154. The highest BCUT2D eigenvalue weighted by Crippen LogP contribution is 2.31. The lowest BCUT2D eigenvalue weighted by Gasteiger charge is -2.28. The molecule has 0 atom stereocenters. The number of carbonyl (C=O) groups is 1. The van der Waals surface area contributed by atoms with Gasteiger partial charge in [0.2, 0.25) is 0 Å². The second kappa shape index (κ2) is 12.2. The van der Waals surface area contributed by atoms with Crippen LogP contribution >= 0.6 is 0 Å². The smallest absolute Gasteiger partial charge is 0.308 e. The maximum atomic E-state index is 12.1. The van der Waals surface area contributed by atoms with Crippen LogP contribution in [0.25, 0.3) is 40.0 Å². The summed E-state index contributed by atoms with van der Waals surface area (Å²) in [7, 11) is 0. The minimum atomic E-state index is -0.487. The van der Waals surface area contributed by atoms with E-state index < -0.39 is 5.60 Å². The molecule has 43 heavy (non-hydrogen) atoms. The van der Waals surface area contributed by atoms with Gasteiger partial charge in [-0.2, -0.15) is 5.10 Å². The molecule has 1 aliphatic rings. The van der Waals surface area contributed by atoms with Crippen molar-refractivity contribution in [3.63, 3.8) is 0 Å². The molecule has 1 N–H and O–H groups in total. The summed E-state index contributed by atoms with van der Waals surface area (Å²) in [4.78, 5) is 24.3. The minimum Gasteiger partial charge on any atom is -0.460 e. The Morgan fingerprint density at radius 3 is 2.56 bits per heavy atom. The Bertz CT molecular complexity index is 1770. The summed E-state index contributed by atoms with van der Waals surface area (Å²) >= 11 is 0. The van der Waals surface area contributed by atoms with Gasteiger partial charge in [0.05, 0.1) is 48.4 Å². The molecular formula is C34H36N6O3. The van der Waals surface area contributed by atoms with Crippen LogP contribution in [0.4, 0.5) is 11.4 Å². The van der Waals surface area contributed by atoms with Crippen molar-refractivity contribution >= 4 is 46.0 Å². The van der Waals surface area contributed by atoms with Gasteiger partial charge in [-0.15, -0.1) is 0 Å². The molecule has 0 bridgehead atoms. The monoisotopic (exact) mass is 576 g/mol. The Morgan fingerprint density at radius 2 is 1.77 bits per heavy atom. The zero-order valence-corrected chi connectivity index (χ0v) is 24.8. The SMILES string of the molecule is CC(C)(C)OC(=O)CCNc1ccc(-c2c(/C=C/c3ccc4ccccc4n3)nc3c(N4CCOCC4)ccnn23)cc1. The average Bonchev–Trinajstić information content (AvgIpc) is 3.38. The first kappa shape index (κ1) is 28.4. The summed E-state index contributed by atoms with van der Waals surface area (Å²) in [6.07, 6.45) is 6.13. The molecule has 3 aromatic heterocycles. The molecule has 1 saturated heterocycles. The van der Waals surface area contributed by atoms with Crippen molar-refractivity contribution in [2.45, 2.75) is 32.8 Å². The van der Waals surface area contributed by atoms with Gasteiger partial charge in [-0.05, 0) is 63.3 Å². The average molecular weight is 577 g/mol. The van der Waals surface area contributed by atoms with E-state index >= 15 is 0 Å². The summed E-state index contributed by atoms with van der Waals surface area (Å²) in [6.45, 7) is 9.08. The quantitative estimate of drug-likeness (QED) is 0.222. The number of benzene rings is 2. The summed E-state index contributed by atoms with van der Waals surface area (Å²) in [6, 6.07) is 22.3. The molecule has 0 radical (unpaired) electrons. The van der Waals surface area contributed by atoms with E-state index in [9.17, 15) is 4.79 Å². The van der Waals surface area contributed by atoms with Crippen molar-refractivity contribution in [3.05, 3.63) is 84.3 Å². The third-order valence-corrected chi connectivity index (χ3v) is 7.15. The number of carbonyl (C=O) groups excluding carboxylic acids is 1. The number of hydrogen-bond acceptors (Lipinski definition) is 8. The van der Waals surface area contributed by atoms with Gasteiger partial charge < -0.3 is 19.7 Å². The number of esters is 1. The van der Waals surface area contributed by atoms with E-state index in [4.69, 9.17) is 24.5 Å². The fourth-order valence-corrected chi connectivity index (χ4v) is 5.18. The minimum absolute atomic E-state index is 0.221. The number of hydrogen-bond donors (Lipinski definition) is 1. The van der Waals surface area contributed by atoms with Gasteiger partial charge in [-0.1, -0.05) is 36.4 Å². The third-order valence-electron chi connectivity index (χ3n) is 7.15. The molecule has 4 heterocycles. The fraction of sp³-hybridized carbons (Fsp3) is 0.294. The maximum Gasteiger partial charge on any atom is 0.308 e. The predicted molar refractivity (Wildman–Crippen MR) is 171 cm³/mol.